The Labute approximate surface area is 316 Å². The lowest BCUT2D eigenvalue weighted by atomic mass is 10.0. The zero-order valence-corrected chi connectivity index (χ0v) is 31.5. The first-order valence-electron chi connectivity index (χ1n) is 16.9. The molecule has 0 aromatic heterocycles. The van der Waals surface area contributed by atoms with E-state index < -0.39 is 28.5 Å². The SMILES string of the molecule is CC[C@@H](C)NC(=O)[C@H](Cc1ccccc1)N(Cc1ccc(Cl)c(Cl)c1)C(=O)CN(c1ccc(Oc2ccccc2)cc1)S(=O)(=O)c1ccc(C)cc1. The summed E-state index contributed by atoms with van der Waals surface area (Å²) in [6, 6.07) is 35.3. The van der Waals surface area contributed by atoms with Gasteiger partial charge in [-0.15, -0.1) is 0 Å². The Balaban J connectivity index is 1.57. The van der Waals surface area contributed by atoms with Crippen molar-refractivity contribution in [3.63, 3.8) is 0 Å². The highest BCUT2D eigenvalue weighted by atomic mass is 35.5. The predicted octanol–water partition coefficient (Wildman–Crippen LogP) is 8.84. The maximum Gasteiger partial charge on any atom is 0.264 e. The number of hydrogen-bond acceptors (Lipinski definition) is 5. The molecule has 11 heteroatoms. The van der Waals surface area contributed by atoms with Crippen LogP contribution in [0.3, 0.4) is 0 Å². The van der Waals surface area contributed by atoms with Crippen LogP contribution in [0, 0.1) is 6.92 Å². The molecule has 5 rings (SSSR count). The number of sulfonamides is 1. The average molecular weight is 759 g/mol. The highest BCUT2D eigenvalue weighted by molar-refractivity contribution is 7.92. The van der Waals surface area contributed by atoms with Gasteiger partial charge in [0.1, 0.15) is 24.1 Å². The van der Waals surface area contributed by atoms with Crippen LogP contribution >= 0.6 is 23.2 Å². The van der Waals surface area contributed by atoms with Gasteiger partial charge in [-0.1, -0.05) is 102 Å². The van der Waals surface area contributed by atoms with E-state index in [1.807, 2.05) is 81.4 Å². The third kappa shape index (κ3) is 9.94. The van der Waals surface area contributed by atoms with Gasteiger partial charge in [-0.25, -0.2) is 8.42 Å². The molecule has 0 aliphatic rings. The molecule has 8 nitrogen and oxygen atoms in total. The van der Waals surface area contributed by atoms with Gasteiger partial charge in [-0.2, -0.15) is 0 Å². The van der Waals surface area contributed by atoms with E-state index in [9.17, 15) is 18.0 Å². The van der Waals surface area contributed by atoms with Crippen LogP contribution in [0.1, 0.15) is 37.0 Å². The fourth-order valence-electron chi connectivity index (χ4n) is 5.50. The van der Waals surface area contributed by atoms with Crippen LogP contribution in [0.25, 0.3) is 0 Å². The standard InChI is InChI=1S/C41H41Cl2N3O5S/c1-4-30(3)44-41(48)39(26-31-11-7-5-8-12-31)45(27-32-17-24-37(42)38(43)25-32)40(47)28-46(52(49,50)36-22-15-29(2)16-23-36)33-18-20-35(21-19-33)51-34-13-9-6-10-14-34/h5-25,30,39H,4,26-28H2,1-3H3,(H,44,48)/t30-,39+/m1/s1. The van der Waals surface area contributed by atoms with E-state index >= 15 is 0 Å². The molecule has 0 fully saturated rings. The number of benzene rings is 5. The Bertz CT molecular complexity index is 2060. The highest BCUT2D eigenvalue weighted by Gasteiger charge is 2.35. The Morgan fingerprint density at radius 2 is 1.38 bits per heavy atom. The molecule has 2 amide bonds. The smallest absolute Gasteiger partial charge is 0.264 e. The minimum Gasteiger partial charge on any atom is -0.457 e. The molecule has 0 saturated carbocycles. The average Bonchev–Trinajstić information content (AvgIpc) is 3.14. The largest absolute Gasteiger partial charge is 0.457 e. The van der Waals surface area contributed by atoms with Gasteiger partial charge in [0.2, 0.25) is 11.8 Å². The topological polar surface area (TPSA) is 96.0 Å². The number of anilines is 1. The van der Waals surface area contributed by atoms with Crippen LogP contribution in [-0.4, -0.2) is 43.8 Å². The minimum absolute atomic E-state index is 0.0156. The molecule has 0 bridgehead atoms. The summed E-state index contributed by atoms with van der Waals surface area (Å²) in [6.07, 6.45) is 0.865. The van der Waals surface area contributed by atoms with Crippen LogP contribution in [0.2, 0.25) is 10.0 Å². The third-order valence-corrected chi connectivity index (χ3v) is 11.1. The number of hydrogen-bond donors (Lipinski definition) is 1. The van der Waals surface area contributed by atoms with Crippen LogP contribution in [-0.2, 0) is 32.6 Å². The van der Waals surface area contributed by atoms with Crippen molar-refractivity contribution in [3.8, 4) is 11.5 Å². The van der Waals surface area contributed by atoms with Gasteiger partial charge in [0, 0.05) is 19.0 Å². The van der Waals surface area contributed by atoms with Crippen molar-refractivity contribution >= 4 is 50.7 Å². The number of nitrogens with one attached hydrogen (secondary N) is 1. The molecule has 0 saturated heterocycles. The molecule has 0 aliphatic carbocycles. The van der Waals surface area contributed by atoms with Gasteiger partial charge < -0.3 is 15.0 Å². The Kier molecular flexibility index (Phi) is 13.0. The zero-order chi connectivity index (χ0) is 37.3. The molecule has 0 heterocycles. The van der Waals surface area contributed by atoms with Crippen LogP contribution in [0.15, 0.2) is 132 Å². The van der Waals surface area contributed by atoms with Gasteiger partial charge in [0.15, 0.2) is 0 Å². The lowest BCUT2D eigenvalue weighted by Crippen LogP contribution is -2.54. The molecule has 52 heavy (non-hydrogen) atoms. The van der Waals surface area contributed by atoms with Crippen molar-refractivity contribution in [2.24, 2.45) is 0 Å². The van der Waals surface area contributed by atoms with Crippen molar-refractivity contribution in [2.45, 2.75) is 57.1 Å². The van der Waals surface area contributed by atoms with Gasteiger partial charge in [0.05, 0.1) is 20.6 Å². The fourth-order valence-corrected chi connectivity index (χ4v) is 7.24. The summed E-state index contributed by atoms with van der Waals surface area (Å²) in [5.74, 6) is 0.154. The molecule has 0 radical (unpaired) electrons. The van der Waals surface area contributed by atoms with E-state index in [-0.39, 0.29) is 40.5 Å². The van der Waals surface area contributed by atoms with Crippen molar-refractivity contribution in [2.75, 3.05) is 10.8 Å². The Hall–Kier alpha value is -4.83. The van der Waals surface area contributed by atoms with E-state index in [1.165, 1.54) is 17.0 Å². The molecule has 2 atom stereocenters. The van der Waals surface area contributed by atoms with Crippen molar-refractivity contribution in [1.29, 1.82) is 0 Å². The molecule has 5 aromatic carbocycles. The number of carbonyl (C=O) groups is 2. The number of rotatable bonds is 15. The Morgan fingerprint density at radius 3 is 2.00 bits per heavy atom. The molecule has 1 N–H and O–H groups in total. The number of aryl methyl sites for hydroxylation is 1. The van der Waals surface area contributed by atoms with E-state index in [4.69, 9.17) is 27.9 Å². The minimum atomic E-state index is -4.28. The Morgan fingerprint density at radius 1 is 0.769 bits per heavy atom. The maximum absolute atomic E-state index is 14.8. The number of para-hydroxylation sites is 1. The lowest BCUT2D eigenvalue weighted by Gasteiger charge is -2.34. The number of carbonyl (C=O) groups excluding carboxylic acids is 2. The van der Waals surface area contributed by atoms with Crippen LogP contribution < -0.4 is 14.4 Å². The van der Waals surface area contributed by atoms with E-state index in [0.29, 0.717) is 28.5 Å². The summed E-state index contributed by atoms with van der Waals surface area (Å²) in [5, 5.41) is 3.67. The summed E-state index contributed by atoms with van der Waals surface area (Å²) in [4.78, 5) is 30.3. The predicted molar refractivity (Wildman–Crippen MR) is 208 cm³/mol. The molecule has 0 aliphatic heterocycles. The molecular formula is C41H41Cl2N3O5S. The summed E-state index contributed by atoms with van der Waals surface area (Å²) in [7, 11) is -4.28. The van der Waals surface area contributed by atoms with E-state index in [1.54, 1.807) is 54.6 Å². The van der Waals surface area contributed by atoms with Crippen LogP contribution in [0.4, 0.5) is 5.69 Å². The third-order valence-electron chi connectivity index (χ3n) is 8.60. The summed E-state index contributed by atoms with van der Waals surface area (Å²) >= 11 is 12.6. The monoisotopic (exact) mass is 757 g/mol. The second kappa shape index (κ2) is 17.6. The first kappa shape index (κ1) is 38.4. The van der Waals surface area contributed by atoms with Gasteiger partial charge in [0.25, 0.3) is 10.0 Å². The first-order valence-corrected chi connectivity index (χ1v) is 19.1. The second-order valence-corrected chi connectivity index (χ2v) is 15.2. The molecular weight excluding hydrogens is 717 g/mol. The number of halogens is 2. The molecule has 0 spiro atoms. The highest BCUT2D eigenvalue weighted by Crippen LogP contribution is 2.30. The van der Waals surface area contributed by atoms with Crippen molar-refractivity contribution < 1.29 is 22.7 Å². The van der Waals surface area contributed by atoms with Crippen molar-refractivity contribution in [1.82, 2.24) is 10.2 Å². The fraction of sp³-hybridized carbons (Fsp3) is 0.220. The van der Waals surface area contributed by atoms with Crippen molar-refractivity contribution in [3.05, 3.63) is 154 Å². The summed E-state index contributed by atoms with van der Waals surface area (Å²) < 4.78 is 35.8. The number of nitrogens with zero attached hydrogens (tertiary/aromatic N) is 2. The maximum atomic E-state index is 14.8. The van der Waals surface area contributed by atoms with Gasteiger partial charge in [-0.3, -0.25) is 13.9 Å². The first-order chi connectivity index (χ1) is 24.9. The van der Waals surface area contributed by atoms with Gasteiger partial charge >= 0.3 is 0 Å². The van der Waals surface area contributed by atoms with E-state index in [0.717, 1.165) is 15.4 Å². The summed E-state index contributed by atoms with van der Waals surface area (Å²) in [5.41, 5.74) is 2.57. The van der Waals surface area contributed by atoms with Gasteiger partial charge in [-0.05, 0) is 92.1 Å². The quantitative estimate of drug-likeness (QED) is 0.115. The van der Waals surface area contributed by atoms with E-state index in [2.05, 4.69) is 5.32 Å². The number of ether oxygens (including phenoxy) is 1. The molecule has 270 valence electrons. The zero-order valence-electron chi connectivity index (χ0n) is 29.2. The normalized spacial score (nSPS) is 12.4. The summed E-state index contributed by atoms with van der Waals surface area (Å²) in [6.45, 7) is 5.08. The lowest BCUT2D eigenvalue weighted by molar-refractivity contribution is -0.140. The molecule has 0 unspecified atom stereocenters. The second-order valence-electron chi connectivity index (χ2n) is 12.5. The van der Waals surface area contributed by atoms with Crippen LogP contribution in [0.5, 0.6) is 11.5 Å². The number of amides is 2. The molecule has 5 aromatic rings.